The average Bonchev–Trinajstić information content (AvgIpc) is 2.71. The van der Waals surface area contributed by atoms with Gasteiger partial charge in [0.25, 0.3) is 0 Å². The maximum Gasteiger partial charge on any atom is 0.0139 e. The molecule has 0 amide bonds. The van der Waals surface area contributed by atoms with E-state index in [-0.39, 0.29) is 0 Å². The van der Waals surface area contributed by atoms with Crippen molar-refractivity contribution in [3.63, 3.8) is 0 Å². The van der Waals surface area contributed by atoms with Crippen molar-refractivity contribution in [3.05, 3.63) is 0 Å². The molecule has 3 atom stereocenters. The Labute approximate surface area is 114 Å². The summed E-state index contributed by atoms with van der Waals surface area (Å²) in [5.74, 6) is 2.53. The van der Waals surface area contributed by atoms with Gasteiger partial charge in [-0.1, -0.05) is 27.7 Å². The molecule has 0 radical (unpaired) electrons. The summed E-state index contributed by atoms with van der Waals surface area (Å²) in [4.78, 5) is 2.84. The van der Waals surface area contributed by atoms with Crippen molar-refractivity contribution in [1.82, 2.24) is 10.2 Å². The molecule has 2 fully saturated rings. The van der Waals surface area contributed by atoms with E-state index in [1.807, 2.05) is 0 Å². The largest absolute Gasteiger partial charge is 0.316 e. The molecule has 1 aliphatic heterocycles. The highest BCUT2D eigenvalue weighted by molar-refractivity contribution is 4.95. The van der Waals surface area contributed by atoms with Crippen molar-refractivity contribution >= 4 is 0 Å². The van der Waals surface area contributed by atoms with E-state index in [1.165, 1.54) is 45.3 Å². The van der Waals surface area contributed by atoms with E-state index in [0.717, 1.165) is 29.8 Å². The lowest BCUT2D eigenvalue weighted by Crippen LogP contribution is -2.53. The van der Waals surface area contributed by atoms with Gasteiger partial charge in [0.05, 0.1) is 0 Å². The lowest BCUT2D eigenvalue weighted by Gasteiger charge is -2.46. The monoisotopic (exact) mass is 252 g/mol. The molecule has 1 aliphatic carbocycles. The quantitative estimate of drug-likeness (QED) is 0.781. The van der Waals surface area contributed by atoms with Gasteiger partial charge in [-0.05, 0) is 63.1 Å². The SMILES string of the molecule is CC(C)CNCC1CCC1N1CCCC1C(C)C. The maximum atomic E-state index is 3.66. The van der Waals surface area contributed by atoms with E-state index >= 15 is 0 Å². The lowest BCUT2D eigenvalue weighted by molar-refractivity contribution is 0.0372. The van der Waals surface area contributed by atoms with Crippen LogP contribution in [0.3, 0.4) is 0 Å². The van der Waals surface area contributed by atoms with Crippen molar-refractivity contribution in [3.8, 4) is 0 Å². The summed E-state index contributed by atoms with van der Waals surface area (Å²) < 4.78 is 0. The number of rotatable bonds is 6. The normalized spacial score (nSPS) is 33.3. The Kier molecular flexibility index (Phi) is 5.08. The van der Waals surface area contributed by atoms with Gasteiger partial charge in [-0.15, -0.1) is 0 Å². The molecule has 0 bridgehead atoms. The van der Waals surface area contributed by atoms with Crippen LogP contribution in [-0.2, 0) is 0 Å². The molecule has 2 aliphatic rings. The van der Waals surface area contributed by atoms with Gasteiger partial charge in [0.2, 0.25) is 0 Å². The first-order valence-corrected chi connectivity index (χ1v) is 8.06. The van der Waals surface area contributed by atoms with Gasteiger partial charge in [-0.25, -0.2) is 0 Å². The van der Waals surface area contributed by atoms with E-state index in [9.17, 15) is 0 Å². The Bertz CT molecular complexity index is 249. The first-order valence-electron chi connectivity index (χ1n) is 8.06. The van der Waals surface area contributed by atoms with Gasteiger partial charge >= 0.3 is 0 Å². The molecule has 2 rings (SSSR count). The fourth-order valence-electron chi connectivity index (χ4n) is 3.73. The molecule has 18 heavy (non-hydrogen) atoms. The molecule has 0 aromatic heterocycles. The predicted octanol–water partition coefficient (Wildman–Crippen LogP) is 3.13. The first-order chi connectivity index (χ1) is 8.59. The van der Waals surface area contributed by atoms with E-state index in [2.05, 4.69) is 37.9 Å². The van der Waals surface area contributed by atoms with Crippen LogP contribution in [0.2, 0.25) is 0 Å². The number of nitrogens with one attached hydrogen (secondary N) is 1. The van der Waals surface area contributed by atoms with Crippen molar-refractivity contribution in [2.75, 3.05) is 19.6 Å². The Morgan fingerprint density at radius 1 is 1.11 bits per heavy atom. The van der Waals surface area contributed by atoms with Crippen LogP contribution in [0.1, 0.15) is 53.4 Å². The zero-order chi connectivity index (χ0) is 13.1. The number of hydrogen-bond acceptors (Lipinski definition) is 2. The Hall–Kier alpha value is -0.0800. The van der Waals surface area contributed by atoms with Crippen molar-refractivity contribution in [2.45, 2.75) is 65.5 Å². The van der Waals surface area contributed by atoms with Crippen LogP contribution in [-0.4, -0.2) is 36.6 Å². The van der Waals surface area contributed by atoms with E-state index < -0.39 is 0 Å². The summed E-state index contributed by atoms with van der Waals surface area (Å²) in [5.41, 5.74) is 0. The second-order valence-electron chi connectivity index (χ2n) is 7.15. The van der Waals surface area contributed by atoms with E-state index in [0.29, 0.717) is 0 Å². The summed E-state index contributed by atoms with van der Waals surface area (Å²) in [6.45, 7) is 13.2. The Morgan fingerprint density at radius 2 is 1.89 bits per heavy atom. The first kappa shape index (κ1) is 14.3. The molecule has 0 aromatic rings. The molecule has 1 saturated carbocycles. The molecule has 2 nitrogen and oxygen atoms in total. The van der Waals surface area contributed by atoms with Crippen LogP contribution in [0.15, 0.2) is 0 Å². The van der Waals surface area contributed by atoms with Crippen LogP contribution >= 0.6 is 0 Å². The number of likely N-dealkylation sites (tertiary alicyclic amines) is 1. The molecule has 1 N–H and O–H groups in total. The molecule has 106 valence electrons. The minimum atomic E-state index is 0.777. The van der Waals surface area contributed by atoms with Crippen LogP contribution in [0.25, 0.3) is 0 Å². The minimum absolute atomic E-state index is 0.777. The zero-order valence-corrected chi connectivity index (χ0v) is 12.8. The minimum Gasteiger partial charge on any atom is -0.316 e. The van der Waals surface area contributed by atoms with Gasteiger partial charge in [-0.2, -0.15) is 0 Å². The fourth-order valence-corrected chi connectivity index (χ4v) is 3.73. The fraction of sp³-hybridized carbons (Fsp3) is 1.00. The van der Waals surface area contributed by atoms with Crippen molar-refractivity contribution in [1.29, 1.82) is 0 Å². The summed E-state index contributed by atoms with van der Waals surface area (Å²) in [5, 5.41) is 3.66. The number of hydrogen-bond donors (Lipinski definition) is 1. The maximum absolute atomic E-state index is 3.66. The third-order valence-corrected chi connectivity index (χ3v) is 4.87. The highest BCUT2D eigenvalue weighted by atomic mass is 15.2. The molecule has 3 unspecified atom stereocenters. The highest BCUT2D eigenvalue weighted by Gasteiger charge is 2.40. The molecule has 1 saturated heterocycles. The second kappa shape index (κ2) is 6.38. The van der Waals surface area contributed by atoms with Gasteiger partial charge < -0.3 is 5.32 Å². The van der Waals surface area contributed by atoms with Gasteiger partial charge in [0, 0.05) is 12.1 Å². The third-order valence-electron chi connectivity index (χ3n) is 4.87. The zero-order valence-electron chi connectivity index (χ0n) is 12.8. The smallest absolute Gasteiger partial charge is 0.0139 e. The van der Waals surface area contributed by atoms with Crippen LogP contribution in [0.4, 0.5) is 0 Å². The standard InChI is InChI=1S/C16H32N2/c1-12(2)10-17-11-14-7-8-16(14)18-9-5-6-15(18)13(3)4/h12-17H,5-11H2,1-4H3. The van der Waals surface area contributed by atoms with Crippen LogP contribution in [0.5, 0.6) is 0 Å². The molecular formula is C16H32N2. The van der Waals surface area contributed by atoms with Gasteiger partial charge in [-0.3, -0.25) is 4.90 Å². The van der Waals surface area contributed by atoms with Gasteiger partial charge in [0.1, 0.15) is 0 Å². The van der Waals surface area contributed by atoms with Crippen molar-refractivity contribution < 1.29 is 0 Å². The summed E-state index contributed by atoms with van der Waals surface area (Å²) in [6, 6.07) is 1.75. The van der Waals surface area contributed by atoms with Crippen LogP contribution in [0, 0.1) is 17.8 Å². The molecule has 1 heterocycles. The highest BCUT2D eigenvalue weighted by Crippen LogP contribution is 2.37. The van der Waals surface area contributed by atoms with Crippen molar-refractivity contribution in [2.24, 2.45) is 17.8 Å². The van der Waals surface area contributed by atoms with Gasteiger partial charge in [0.15, 0.2) is 0 Å². The summed E-state index contributed by atoms with van der Waals surface area (Å²) >= 11 is 0. The Balaban J connectivity index is 1.78. The van der Waals surface area contributed by atoms with Crippen LogP contribution < -0.4 is 5.32 Å². The average molecular weight is 252 g/mol. The second-order valence-corrected chi connectivity index (χ2v) is 7.15. The molecule has 0 spiro atoms. The summed E-state index contributed by atoms with van der Waals surface area (Å²) in [7, 11) is 0. The predicted molar refractivity (Wildman–Crippen MR) is 78.8 cm³/mol. The molecule has 2 heteroatoms. The number of nitrogens with zero attached hydrogens (tertiary/aromatic N) is 1. The molecular weight excluding hydrogens is 220 g/mol. The third kappa shape index (κ3) is 3.27. The molecule has 0 aromatic carbocycles. The Morgan fingerprint density at radius 3 is 2.44 bits per heavy atom. The summed E-state index contributed by atoms with van der Waals surface area (Å²) in [6.07, 6.45) is 5.74. The van der Waals surface area contributed by atoms with E-state index in [4.69, 9.17) is 0 Å². The van der Waals surface area contributed by atoms with E-state index in [1.54, 1.807) is 0 Å². The topological polar surface area (TPSA) is 15.3 Å². The lowest BCUT2D eigenvalue weighted by atomic mass is 9.77.